The van der Waals surface area contributed by atoms with Crippen LogP contribution in [0.3, 0.4) is 0 Å². The number of hydrogen-bond acceptors (Lipinski definition) is 2. The SMILES string of the molecule is Cc1c2cc3c(-c4cccs4)c[nH]c3c(C)c2cc2c(-c3cccs3)c[nH]c12. The maximum atomic E-state index is 3.54. The molecule has 0 fully saturated rings. The molecule has 2 aromatic carbocycles. The van der Waals surface area contributed by atoms with Crippen molar-refractivity contribution in [2.24, 2.45) is 0 Å². The van der Waals surface area contributed by atoms with Crippen molar-refractivity contribution in [3.8, 4) is 20.9 Å². The van der Waals surface area contributed by atoms with Gasteiger partial charge in [-0.1, -0.05) is 12.1 Å². The van der Waals surface area contributed by atoms with Crippen LogP contribution in [-0.2, 0) is 0 Å². The quantitative estimate of drug-likeness (QED) is 0.297. The number of nitrogens with one attached hydrogen (secondary N) is 2. The van der Waals surface area contributed by atoms with E-state index in [0.29, 0.717) is 0 Å². The Kier molecular flexibility index (Phi) is 3.37. The van der Waals surface area contributed by atoms with Gasteiger partial charge in [-0.15, -0.1) is 22.7 Å². The number of hydrogen-bond donors (Lipinski definition) is 2. The van der Waals surface area contributed by atoms with Crippen LogP contribution < -0.4 is 0 Å². The van der Waals surface area contributed by atoms with E-state index in [1.807, 2.05) is 0 Å². The second kappa shape index (κ2) is 5.84. The molecule has 4 heteroatoms. The second-order valence-electron chi connectivity index (χ2n) is 7.30. The Balaban J connectivity index is 1.72. The zero-order valence-corrected chi connectivity index (χ0v) is 17.2. The van der Waals surface area contributed by atoms with Crippen LogP contribution in [0.4, 0.5) is 0 Å². The maximum absolute atomic E-state index is 3.54. The van der Waals surface area contributed by atoms with Gasteiger partial charge in [0.1, 0.15) is 0 Å². The number of H-pyrrole nitrogens is 2. The predicted molar refractivity (Wildman–Crippen MR) is 124 cm³/mol. The first-order valence-corrected chi connectivity index (χ1v) is 11.1. The third kappa shape index (κ3) is 2.13. The third-order valence-electron chi connectivity index (χ3n) is 5.84. The minimum Gasteiger partial charge on any atom is -0.360 e. The molecule has 0 radical (unpaired) electrons. The van der Waals surface area contributed by atoms with Crippen molar-refractivity contribution in [3.05, 3.63) is 70.7 Å². The molecule has 0 saturated heterocycles. The number of fused-ring (bicyclic) bond motifs is 3. The zero-order valence-electron chi connectivity index (χ0n) is 15.6. The molecule has 0 amide bonds. The van der Waals surface area contributed by atoms with Gasteiger partial charge in [-0.05, 0) is 70.8 Å². The maximum Gasteiger partial charge on any atom is 0.0496 e. The second-order valence-corrected chi connectivity index (χ2v) is 9.20. The summed E-state index contributed by atoms with van der Waals surface area (Å²) in [5.41, 5.74) is 7.70. The van der Waals surface area contributed by atoms with Crippen molar-refractivity contribution in [2.45, 2.75) is 13.8 Å². The van der Waals surface area contributed by atoms with Crippen LogP contribution in [0.2, 0.25) is 0 Å². The van der Waals surface area contributed by atoms with Crippen molar-refractivity contribution < 1.29 is 0 Å². The van der Waals surface area contributed by atoms with Crippen LogP contribution in [0.25, 0.3) is 53.5 Å². The molecular formula is C24H18N2S2. The molecule has 4 heterocycles. The average molecular weight is 399 g/mol. The van der Waals surface area contributed by atoms with Crippen LogP contribution in [0.5, 0.6) is 0 Å². The summed E-state index contributed by atoms with van der Waals surface area (Å²) in [5.74, 6) is 0. The van der Waals surface area contributed by atoms with E-state index in [1.54, 1.807) is 22.7 Å². The van der Waals surface area contributed by atoms with Crippen molar-refractivity contribution in [3.63, 3.8) is 0 Å². The summed E-state index contributed by atoms with van der Waals surface area (Å²) in [4.78, 5) is 9.70. The molecule has 0 saturated carbocycles. The molecule has 4 aromatic heterocycles. The first kappa shape index (κ1) is 16.2. The number of aryl methyl sites for hydroxylation is 2. The van der Waals surface area contributed by atoms with E-state index in [2.05, 4.69) is 83.4 Å². The zero-order chi connectivity index (χ0) is 18.8. The van der Waals surface area contributed by atoms with Gasteiger partial charge < -0.3 is 9.97 Å². The Bertz CT molecular complexity index is 1350. The normalized spacial score (nSPS) is 11.9. The number of aromatic amines is 2. The summed E-state index contributed by atoms with van der Waals surface area (Å²) in [6.07, 6.45) is 4.31. The van der Waals surface area contributed by atoms with Gasteiger partial charge >= 0.3 is 0 Å². The van der Waals surface area contributed by atoms with E-state index in [0.717, 1.165) is 0 Å². The van der Waals surface area contributed by atoms with Crippen molar-refractivity contribution >= 4 is 55.3 Å². The summed E-state index contributed by atoms with van der Waals surface area (Å²) < 4.78 is 0. The highest BCUT2D eigenvalue weighted by Gasteiger charge is 2.16. The van der Waals surface area contributed by atoms with Crippen molar-refractivity contribution in [1.29, 1.82) is 0 Å². The smallest absolute Gasteiger partial charge is 0.0496 e. The van der Waals surface area contributed by atoms with Gasteiger partial charge in [0.2, 0.25) is 0 Å². The highest BCUT2D eigenvalue weighted by molar-refractivity contribution is 7.14. The Morgan fingerprint density at radius 3 is 1.50 bits per heavy atom. The van der Waals surface area contributed by atoms with Gasteiger partial charge in [0.05, 0.1) is 0 Å². The molecule has 0 aliphatic heterocycles. The largest absolute Gasteiger partial charge is 0.360 e. The Morgan fingerprint density at radius 2 is 1.11 bits per heavy atom. The van der Waals surface area contributed by atoms with Gasteiger partial charge in [-0.2, -0.15) is 0 Å². The Morgan fingerprint density at radius 1 is 0.643 bits per heavy atom. The fraction of sp³-hybridized carbons (Fsp3) is 0.0833. The summed E-state index contributed by atoms with van der Waals surface area (Å²) in [6, 6.07) is 13.4. The highest BCUT2D eigenvalue weighted by atomic mass is 32.1. The monoisotopic (exact) mass is 398 g/mol. The number of rotatable bonds is 2. The fourth-order valence-corrected chi connectivity index (χ4v) is 5.91. The topological polar surface area (TPSA) is 31.6 Å². The van der Waals surface area contributed by atoms with Gasteiger partial charge in [0.15, 0.2) is 0 Å². The number of benzene rings is 2. The molecule has 0 unspecified atom stereocenters. The van der Waals surface area contributed by atoms with Crippen molar-refractivity contribution in [1.82, 2.24) is 9.97 Å². The lowest BCUT2D eigenvalue weighted by molar-refractivity contribution is 1.42. The Labute approximate surface area is 170 Å². The summed E-state index contributed by atoms with van der Waals surface area (Å²) in [7, 11) is 0. The van der Waals surface area contributed by atoms with Crippen LogP contribution in [0.1, 0.15) is 11.1 Å². The highest BCUT2D eigenvalue weighted by Crippen LogP contribution is 2.41. The van der Waals surface area contributed by atoms with Crippen molar-refractivity contribution in [2.75, 3.05) is 0 Å². The first-order chi connectivity index (χ1) is 13.7. The van der Waals surface area contributed by atoms with Crippen LogP contribution in [0, 0.1) is 13.8 Å². The lowest BCUT2D eigenvalue weighted by Crippen LogP contribution is -1.87. The average Bonchev–Trinajstić information content (AvgIpc) is 3.48. The number of aromatic nitrogens is 2. The van der Waals surface area contributed by atoms with E-state index in [-0.39, 0.29) is 0 Å². The van der Waals surface area contributed by atoms with E-state index in [4.69, 9.17) is 0 Å². The van der Waals surface area contributed by atoms with E-state index in [9.17, 15) is 0 Å². The minimum atomic E-state index is 1.24. The van der Waals surface area contributed by atoms with E-state index in [1.165, 1.54) is 64.6 Å². The molecule has 0 atom stereocenters. The summed E-state index contributed by atoms with van der Waals surface area (Å²) >= 11 is 3.58. The van der Waals surface area contributed by atoms with Gasteiger partial charge in [0, 0.05) is 55.1 Å². The van der Waals surface area contributed by atoms with Crippen LogP contribution in [0.15, 0.2) is 59.6 Å². The molecule has 136 valence electrons. The molecule has 2 nitrogen and oxygen atoms in total. The van der Waals surface area contributed by atoms with Crippen LogP contribution in [-0.4, -0.2) is 9.97 Å². The number of thiophene rings is 2. The summed E-state index contributed by atoms with van der Waals surface area (Å²) in [6.45, 7) is 4.48. The molecule has 0 aliphatic rings. The molecular weight excluding hydrogens is 380 g/mol. The molecule has 6 rings (SSSR count). The molecule has 0 bridgehead atoms. The van der Waals surface area contributed by atoms with Gasteiger partial charge in [-0.3, -0.25) is 0 Å². The standard InChI is InChI=1S/C24H18N2S2/c1-13-15-9-18-20(22-6-4-8-28-22)12-26-24(18)14(2)16(15)10-17-19(11-25-23(13)17)21-5-3-7-27-21/h3-12,25-26H,1-2H3. The minimum absolute atomic E-state index is 1.24. The lowest BCUT2D eigenvalue weighted by atomic mass is 9.94. The van der Waals surface area contributed by atoms with Crippen LogP contribution >= 0.6 is 22.7 Å². The summed E-state index contributed by atoms with van der Waals surface area (Å²) in [5, 5.41) is 9.55. The third-order valence-corrected chi connectivity index (χ3v) is 7.65. The molecule has 0 spiro atoms. The lowest BCUT2D eigenvalue weighted by Gasteiger charge is -2.10. The van der Waals surface area contributed by atoms with E-state index >= 15 is 0 Å². The fourth-order valence-electron chi connectivity index (χ4n) is 4.39. The first-order valence-electron chi connectivity index (χ1n) is 9.35. The van der Waals surface area contributed by atoms with Gasteiger partial charge in [-0.25, -0.2) is 0 Å². The Hall–Kier alpha value is -2.82. The molecule has 28 heavy (non-hydrogen) atoms. The molecule has 0 aliphatic carbocycles. The molecule has 6 aromatic rings. The van der Waals surface area contributed by atoms with Gasteiger partial charge in [0.25, 0.3) is 0 Å². The van der Waals surface area contributed by atoms with E-state index < -0.39 is 0 Å². The molecule has 2 N–H and O–H groups in total. The predicted octanol–water partition coefficient (Wildman–Crippen LogP) is 7.88.